The Kier molecular flexibility index (Phi) is 5.70. The second-order valence-corrected chi connectivity index (χ2v) is 11.7. The quantitative estimate of drug-likeness (QED) is 0.494. The molecule has 2 heterocycles. The molecule has 1 aliphatic heterocycles. The lowest BCUT2D eigenvalue weighted by Crippen LogP contribution is -2.51. The van der Waals surface area contributed by atoms with E-state index in [1.54, 1.807) is 24.3 Å². The number of anilines is 1. The van der Waals surface area contributed by atoms with E-state index in [2.05, 4.69) is 15.7 Å². The average Bonchev–Trinajstić information content (AvgIpc) is 3.17. The molecule has 6 nitrogen and oxygen atoms in total. The largest absolute Gasteiger partial charge is 0.496 e. The van der Waals surface area contributed by atoms with Crippen molar-refractivity contribution in [2.24, 2.45) is 23.2 Å². The van der Waals surface area contributed by atoms with Gasteiger partial charge in [0.2, 0.25) is 0 Å². The van der Waals surface area contributed by atoms with Gasteiger partial charge in [0, 0.05) is 18.5 Å². The number of hydrogen-bond donors (Lipinski definition) is 2. The van der Waals surface area contributed by atoms with Crippen molar-refractivity contribution in [3.8, 4) is 5.75 Å². The van der Waals surface area contributed by atoms with E-state index in [0.717, 1.165) is 41.7 Å². The third-order valence-corrected chi connectivity index (χ3v) is 9.17. The fourth-order valence-corrected chi connectivity index (χ4v) is 8.02. The molecule has 194 valence electrons. The van der Waals surface area contributed by atoms with Crippen molar-refractivity contribution in [3.05, 3.63) is 40.5 Å². The first kappa shape index (κ1) is 23.9. The highest BCUT2D eigenvalue weighted by Crippen LogP contribution is 2.59. The Bertz CT molecular complexity index is 1150. The first-order chi connectivity index (χ1) is 17.2. The van der Waals surface area contributed by atoms with Gasteiger partial charge >= 0.3 is 6.18 Å². The lowest BCUT2D eigenvalue weighted by molar-refractivity contribution is -0.173. The molecular formula is C26H30ClF3N4O2. The van der Waals surface area contributed by atoms with Crippen LogP contribution in [0.25, 0.3) is 0 Å². The number of nitrogens with one attached hydrogen (secondary N) is 2. The Labute approximate surface area is 212 Å². The molecule has 0 saturated heterocycles. The molecule has 5 aliphatic rings. The van der Waals surface area contributed by atoms with Crippen molar-refractivity contribution >= 4 is 23.3 Å². The molecule has 0 unspecified atom stereocenters. The Morgan fingerprint density at radius 1 is 1.17 bits per heavy atom. The van der Waals surface area contributed by atoms with Gasteiger partial charge in [-0.1, -0.05) is 29.8 Å². The van der Waals surface area contributed by atoms with Crippen LogP contribution in [0.4, 0.5) is 19.0 Å². The summed E-state index contributed by atoms with van der Waals surface area (Å²) in [5.41, 5.74) is 0.516. The van der Waals surface area contributed by atoms with E-state index in [9.17, 15) is 18.0 Å². The number of carbonyl (C=O) groups is 1. The van der Waals surface area contributed by atoms with Crippen LogP contribution >= 0.6 is 11.6 Å². The van der Waals surface area contributed by atoms with Crippen molar-refractivity contribution in [1.29, 1.82) is 0 Å². The van der Waals surface area contributed by atoms with Crippen molar-refractivity contribution in [3.63, 3.8) is 0 Å². The number of para-hydroxylation sites is 1. The van der Waals surface area contributed by atoms with Gasteiger partial charge in [-0.25, -0.2) is 4.68 Å². The molecule has 2 aromatic rings. The highest BCUT2D eigenvalue weighted by molar-refractivity contribution is 6.36. The molecular weight excluding hydrogens is 493 g/mol. The number of methoxy groups -OCH3 is 1. The summed E-state index contributed by atoms with van der Waals surface area (Å²) in [6.45, 7) is 0.522. The molecule has 0 radical (unpaired) electrons. The zero-order valence-electron chi connectivity index (χ0n) is 20.1. The second-order valence-electron chi connectivity index (χ2n) is 11.3. The maximum atomic E-state index is 14.1. The third-order valence-electron chi connectivity index (χ3n) is 8.81. The van der Waals surface area contributed by atoms with Crippen LogP contribution in [0.5, 0.6) is 5.75 Å². The van der Waals surface area contributed by atoms with Crippen LogP contribution in [0.15, 0.2) is 24.3 Å². The molecule has 1 aromatic carbocycles. The zero-order valence-corrected chi connectivity index (χ0v) is 20.8. The van der Waals surface area contributed by atoms with Crippen LogP contribution in [0, 0.1) is 23.2 Å². The topological polar surface area (TPSA) is 68.2 Å². The number of benzene rings is 1. The van der Waals surface area contributed by atoms with Crippen LogP contribution in [0.2, 0.25) is 5.02 Å². The zero-order chi connectivity index (χ0) is 25.2. The average molecular weight is 523 g/mol. The number of hydrogen-bond acceptors (Lipinski definition) is 4. The summed E-state index contributed by atoms with van der Waals surface area (Å²) in [5.74, 6) is 2.17. The highest BCUT2D eigenvalue weighted by atomic mass is 35.5. The SMILES string of the molecule is COc1ccccc1[C@H]1C[C@@H](C(F)(F)F)n2nc(C(=O)NCC34CC5CC(CC(C5)C3)C4)c(Cl)c2N1. The maximum Gasteiger partial charge on any atom is 0.410 e. The first-order valence-corrected chi connectivity index (χ1v) is 13.1. The van der Waals surface area contributed by atoms with E-state index in [0.29, 0.717) is 17.9 Å². The van der Waals surface area contributed by atoms with E-state index in [1.165, 1.54) is 26.4 Å². The minimum Gasteiger partial charge on any atom is -0.496 e. The summed E-state index contributed by atoms with van der Waals surface area (Å²) >= 11 is 6.53. The Morgan fingerprint density at radius 2 is 1.81 bits per heavy atom. The molecule has 10 heteroatoms. The Morgan fingerprint density at radius 3 is 2.42 bits per heavy atom. The van der Waals surface area contributed by atoms with Gasteiger partial charge in [-0.3, -0.25) is 4.79 Å². The van der Waals surface area contributed by atoms with E-state index in [4.69, 9.17) is 16.3 Å². The molecule has 2 atom stereocenters. The highest BCUT2D eigenvalue weighted by Gasteiger charge is 2.51. The Hall–Kier alpha value is -2.42. The summed E-state index contributed by atoms with van der Waals surface area (Å²) in [7, 11) is 1.48. The van der Waals surface area contributed by atoms with Crippen molar-refractivity contribution in [2.75, 3.05) is 19.0 Å². The van der Waals surface area contributed by atoms with Crippen LogP contribution < -0.4 is 15.4 Å². The summed E-state index contributed by atoms with van der Waals surface area (Å²) < 4.78 is 48.6. The van der Waals surface area contributed by atoms with Gasteiger partial charge in [0.15, 0.2) is 11.7 Å². The molecule has 1 amide bonds. The predicted octanol–water partition coefficient (Wildman–Crippen LogP) is 6.15. The summed E-state index contributed by atoms with van der Waals surface area (Å²) in [4.78, 5) is 13.2. The fourth-order valence-electron chi connectivity index (χ4n) is 7.75. The van der Waals surface area contributed by atoms with Gasteiger partial charge in [0.05, 0.1) is 13.2 Å². The summed E-state index contributed by atoms with van der Waals surface area (Å²) in [6, 6.07) is 4.30. The number of ether oxygens (including phenoxy) is 1. The van der Waals surface area contributed by atoms with Gasteiger partial charge in [0.25, 0.3) is 5.91 Å². The normalized spacial score (nSPS) is 32.6. The van der Waals surface area contributed by atoms with E-state index < -0.39 is 24.2 Å². The van der Waals surface area contributed by atoms with Crippen molar-refractivity contribution in [2.45, 2.75) is 63.2 Å². The smallest absolute Gasteiger partial charge is 0.410 e. The van der Waals surface area contributed by atoms with E-state index in [-0.39, 0.29) is 28.4 Å². The minimum atomic E-state index is -4.57. The third kappa shape index (κ3) is 4.03. The molecule has 0 spiro atoms. The van der Waals surface area contributed by atoms with Crippen molar-refractivity contribution in [1.82, 2.24) is 15.1 Å². The first-order valence-electron chi connectivity index (χ1n) is 12.7. The predicted molar refractivity (Wildman–Crippen MR) is 129 cm³/mol. The second kappa shape index (κ2) is 8.57. The standard InChI is InChI=1S/C26H30ClF3N4O2/c1-36-19-5-3-2-4-17(19)18-9-20(26(28,29)30)34-23(32-18)21(27)22(33-34)24(35)31-13-25-10-14-6-15(11-25)8-16(7-14)12-25/h2-5,14-16,18,20,32H,6-13H2,1H3,(H,31,35)/t14?,15?,16?,18-,20+,25?/m1/s1. The number of nitrogens with zero attached hydrogens (tertiary/aromatic N) is 2. The molecule has 4 bridgehead atoms. The van der Waals surface area contributed by atoms with Crippen LogP contribution in [0.3, 0.4) is 0 Å². The monoisotopic (exact) mass is 522 g/mol. The van der Waals surface area contributed by atoms with Gasteiger partial charge in [-0.05, 0) is 67.8 Å². The molecule has 7 rings (SSSR count). The lowest BCUT2D eigenvalue weighted by Gasteiger charge is -2.56. The maximum absolute atomic E-state index is 14.1. The Balaban J connectivity index is 1.26. The number of aromatic nitrogens is 2. The van der Waals surface area contributed by atoms with Gasteiger partial charge in [-0.2, -0.15) is 18.3 Å². The lowest BCUT2D eigenvalue weighted by atomic mass is 9.49. The number of carbonyl (C=O) groups excluding carboxylic acids is 1. The molecule has 4 aliphatic carbocycles. The van der Waals surface area contributed by atoms with Gasteiger partial charge in [0.1, 0.15) is 16.6 Å². The molecule has 2 N–H and O–H groups in total. The number of rotatable bonds is 5. The number of amides is 1. The molecule has 4 fully saturated rings. The van der Waals surface area contributed by atoms with Crippen LogP contribution in [-0.4, -0.2) is 35.5 Å². The van der Waals surface area contributed by atoms with Gasteiger partial charge < -0.3 is 15.4 Å². The minimum absolute atomic E-state index is 0.00102. The summed E-state index contributed by atoms with van der Waals surface area (Å²) in [5, 5.41) is 10.1. The van der Waals surface area contributed by atoms with E-state index in [1.807, 2.05) is 0 Å². The van der Waals surface area contributed by atoms with Crippen LogP contribution in [0.1, 0.15) is 73.1 Å². The molecule has 1 aromatic heterocycles. The van der Waals surface area contributed by atoms with Gasteiger partial charge in [-0.15, -0.1) is 0 Å². The fraction of sp³-hybridized carbons (Fsp3) is 0.615. The number of alkyl halides is 3. The molecule has 36 heavy (non-hydrogen) atoms. The molecule has 4 saturated carbocycles. The summed E-state index contributed by atoms with van der Waals surface area (Å²) in [6.07, 6.45) is 2.36. The van der Waals surface area contributed by atoms with Crippen molar-refractivity contribution < 1.29 is 22.7 Å². The number of fused-ring (bicyclic) bond motifs is 1. The van der Waals surface area contributed by atoms with Crippen LogP contribution in [-0.2, 0) is 0 Å². The number of halogens is 4. The van der Waals surface area contributed by atoms with E-state index >= 15 is 0 Å².